The second-order valence-corrected chi connectivity index (χ2v) is 17.7. The van der Waals surface area contributed by atoms with E-state index in [1.807, 2.05) is 42.5 Å². The Morgan fingerprint density at radius 1 is 0.938 bits per heavy atom. The van der Waals surface area contributed by atoms with Gasteiger partial charge in [-0.05, 0) is 74.6 Å². The van der Waals surface area contributed by atoms with Gasteiger partial charge in [-0.15, -0.1) is 0 Å². The van der Waals surface area contributed by atoms with Gasteiger partial charge in [0.1, 0.15) is 12.1 Å². The Morgan fingerprint density at radius 2 is 1.65 bits per heavy atom. The van der Waals surface area contributed by atoms with E-state index in [2.05, 4.69) is 20.6 Å². The molecule has 11 heteroatoms. The number of carbonyl (C=O) groups is 2. The van der Waals surface area contributed by atoms with Crippen molar-refractivity contribution in [1.29, 1.82) is 0 Å². The van der Waals surface area contributed by atoms with Crippen molar-refractivity contribution >= 4 is 32.4 Å². The summed E-state index contributed by atoms with van der Waals surface area (Å²) in [4.78, 5) is 35.4. The number of benzene rings is 2. The molecule has 5 rings (SSSR count). The summed E-state index contributed by atoms with van der Waals surface area (Å²) in [5.41, 5.74) is 1.46. The van der Waals surface area contributed by atoms with Crippen LogP contribution in [0.4, 0.5) is 0 Å². The van der Waals surface area contributed by atoms with Crippen LogP contribution < -0.4 is 10.6 Å². The van der Waals surface area contributed by atoms with E-state index in [-0.39, 0.29) is 24.5 Å². The van der Waals surface area contributed by atoms with Crippen molar-refractivity contribution in [3.63, 3.8) is 0 Å². The third-order valence-corrected chi connectivity index (χ3v) is 12.9. The minimum absolute atomic E-state index is 0.0193. The SMILES string of the molecule is CC(C)(C)S(=O)(=O)C[C@@H](Cc1cccc2ccccc12)C(=O)N[C@@H](Cc1cnc[nH]1)C(=O)N[C@@H](CC1CCCCC1)[C@@H](O)[C@@H](O)C1CC1. The number of nitrogens with zero attached hydrogens (tertiary/aromatic N) is 1. The van der Waals surface area contributed by atoms with E-state index in [1.165, 1.54) is 12.7 Å². The second kappa shape index (κ2) is 15.5. The number of hydrogen-bond donors (Lipinski definition) is 5. The predicted molar refractivity (Wildman–Crippen MR) is 187 cm³/mol. The molecular weight excluding hydrogens is 628 g/mol. The molecule has 1 aromatic heterocycles. The molecule has 2 fully saturated rings. The first-order valence-corrected chi connectivity index (χ1v) is 19.1. The van der Waals surface area contributed by atoms with Crippen LogP contribution in [0, 0.1) is 17.8 Å². The lowest BCUT2D eigenvalue weighted by atomic mass is 9.82. The summed E-state index contributed by atoms with van der Waals surface area (Å²) in [7, 11) is -3.72. The van der Waals surface area contributed by atoms with Gasteiger partial charge in [-0.25, -0.2) is 13.4 Å². The predicted octanol–water partition coefficient (Wildman–Crippen LogP) is 4.25. The highest BCUT2D eigenvalue weighted by Crippen LogP contribution is 2.36. The zero-order chi connectivity index (χ0) is 34.5. The number of aromatic nitrogens is 2. The fourth-order valence-electron chi connectivity index (χ4n) is 6.90. The molecule has 48 heavy (non-hydrogen) atoms. The van der Waals surface area contributed by atoms with Crippen molar-refractivity contribution in [2.75, 3.05) is 5.75 Å². The van der Waals surface area contributed by atoms with E-state index < -0.39 is 56.6 Å². The first-order chi connectivity index (χ1) is 22.8. The molecule has 5 atom stereocenters. The van der Waals surface area contributed by atoms with E-state index in [4.69, 9.17) is 0 Å². The highest BCUT2D eigenvalue weighted by atomic mass is 32.2. The molecule has 0 aliphatic heterocycles. The molecule has 0 unspecified atom stereocenters. The maximum Gasteiger partial charge on any atom is 0.243 e. The fourth-order valence-corrected chi connectivity index (χ4v) is 8.20. The standard InChI is InChI=1S/C37H52N4O6S/c1-37(2,3)48(46,47)22-28(19-27-14-9-13-25-12-7-8-15-30(25)27)35(44)41-32(20-29-21-38-23-39-29)36(45)40-31(18-24-10-5-4-6-11-24)34(43)33(42)26-16-17-26/h7-9,12-15,21,23-24,26,28,31-34,42-43H,4-6,10-11,16-20,22H2,1-3H3,(H,38,39)(H,40,45)(H,41,44)/t28-,31+,32+,33+,34-/m1/s1. The van der Waals surface area contributed by atoms with Crippen LogP contribution in [0.2, 0.25) is 0 Å². The molecule has 262 valence electrons. The Balaban J connectivity index is 1.41. The smallest absolute Gasteiger partial charge is 0.243 e. The number of sulfone groups is 1. The summed E-state index contributed by atoms with van der Waals surface area (Å²) < 4.78 is 25.9. The third-order valence-electron chi connectivity index (χ3n) is 10.2. The minimum atomic E-state index is -3.72. The number of rotatable bonds is 15. The molecule has 0 saturated heterocycles. The van der Waals surface area contributed by atoms with Crippen LogP contribution in [0.5, 0.6) is 0 Å². The van der Waals surface area contributed by atoms with Gasteiger partial charge in [-0.2, -0.15) is 0 Å². The molecule has 2 aliphatic rings. The van der Waals surface area contributed by atoms with Crippen molar-refractivity contribution in [3.8, 4) is 0 Å². The summed E-state index contributed by atoms with van der Waals surface area (Å²) in [6.45, 7) is 4.87. The molecule has 0 spiro atoms. The number of aromatic amines is 1. The van der Waals surface area contributed by atoms with Crippen LogP contribution >= 0.6 is 0 Å². The molecule has 0 radical (unpaired) electrons. The second-order valence-electron chi connectivity index (χ2n) is 14.9. The van der Waals surface area contributed by atoms with Gasteiger partial charge in [0, 0.05) is 18.3 Å². The van der Waals surface area contributed by atoms with E-state index in [9.17, 15) is 28.2 Å². The van der Waals surface area contributed by atoms with Crippen LogP contribution in [0.15, 0.2) is 55.0 Å². The van der Waals surface area contributed by atoms with Gasteiger partial charge >= 0.3 is 0 Å². The maximum atomic E-state index is 14.2. The van der Waals surface area contributed by atoms with Crippen LogP contribution in [0.3, 0.4) is 0 Å². The molecule has 5 N–H and O–H groups in total. The average Bonchev–Trinajstić information content (AvgIpc) is 3.78. The van der Waals surface area contributed by atoms with Gasteiger partial charge in [0.25, 0.3) is 0 Å². The number of H-pyrrole nitrogens is 1. The number of fused-ring (bicyclic) bond motifs is 1. The molecule has 0 bridgehead atoms. The Morgan fingerprint density at radius 3 is 2.31 bits per heavy atom. The van der Waals surface area contributed by atoms with E-state index in [0.717, 1.165) is 54.9 Å². The summed E-state index contributed by atoms with van der Waals surface area (Å²) in [5.74, 6) is -2.07. The van der Waals surface area contributed by atoms with Crippen molar-refractivity contribution in [1.82, 2.24) is 20.6 Å². The number of aliphatic hydroxyl groups excluding tert-OH is 2. The summed E-state index contributed by atoms with van der Waals surface area (Å²) >= 11 is 0. The van der Waals surface area contributed by atoms with Gasteiger partial charge < -0.3 is 25.8 Å². The molecule has 2 aliphatic carbocycles. The zero-order valence-electron chi connectivity index (χ0n) is 28.4. The average molecular weight is 681 g/mol. The van der Waals surface area contributed by atoms with E-state index >= 15 is 0 Å². The molecular formula is C37H52N4O6S. The minimum Gasteiger partial charge on any atom is -0.390 e. The Bertz CT molecular complexity index is 1620. The van der Waals surface area contributed by atoms with E-state index in [0.29, 0.717) is 18.0 Å². The van der Waals surface area contributed by atoms with Crippen molar-refractivity contribution in [2.24, 2.45) is 17.8 Å². The lowest BCUT2D eigenvalue weighted by Crippen LogP contribution is -2.57. The Hall–Kier alpha value is -3.28. The van der Waals surface area contributed by atoms with Crippen molar-refractivity contribution in [2.45, 2.75) is 114 Å². The van der Waals surface area contributed by atoms with Crippen molar-refractivity contribution in [3.05, 3.63) is 66.2 Å². The van der Waals surface area contributed by atoms with Crippen LogP contribution in [-0.4, -0.2) is 75.2 Å². The number of imidazole rings is 1. The lowest BCUT2D eigenvalue weighted by molar-refractivity contribution is -0.132. The highest BCUT2D eigenvalue weighted by Gasteiger charge is 2.41. The summed E-state index contributed by atoms with van der Waals surface area (Å²) in [6.07, 6.45) is 8.85. The summed E-state index contributed by atoms with van der Waals surface area (Å²) in [5, 5.41) is 30.0. The van der Waals surface area contributed by atoms with Gasteiger partial charge in [0.15, 0.2) is 9.84 Å². The highest BCUT2D eigenvalue weighted by molar-refractivity contribution is 7.92. The number of amides is 2. The lowest BCUT2D eigenvalue weighted by Gasteiger charge is -2.33. The number of aliphatic hydroxyl groups is 2. The quantitative estimate of drug-likeness (QED) is 0.160. The van der Waals surface area contributed by atoms with Crippen LogP contribution in [-0.2, 0) is 32.3 Å². The molecule has 3 aromatic rings. The maximum absolute atomic E-state index is 14.2. The van der Waals surface area contributed by atoms with Crippen molar-refractivity contribution < 1.29 is 28.2 Å². The molecule has 10 nitrogen and oxygen atoms in total. The topological polar surface area (TPSA) is 161 Å². The number of carbonyl (C=O) groups excluding carboxylic acids is 2. The number of hydrogen-bond acceptors (Lipinski definition) is 7. The Kier molecular flexibility index (Phi) is 11.6. The van der Waals surface area contributed by atoms with Gasteiger partial charge in [0.2, 0.25) is 11.8 Å². The zero-order valence-corrected chi connectivity index (χ0v) is 29.2. The van der Waals surface area contributed by atoms with Gasteiger partial charge in [-0.1, -0.05) is 74.6 Å². The molecule has 1 heterocycles. The van der Waals surface area contributed by atoms with Crippen LogP contribution in [0.25, 0.3) is 10.8 Å². The molecule has 2 amide bonds. The fraction of sp³-hybridized carbons (Fsp3) is 0.595. The van der Waals surface area contributed by atoms with E-state index in [1.54, 1.807) is 27.0 Å². The first kappa shape index (κ1) is 36.0. The normalized spacial score (nSPS) is 19.3. The third kappa shape index (κ3) is 9.24. The monoisotopic (exact) mass is 680 g/mol. The van der Waals surface area contributed by atoms with Gasteiger partial charge in [0.05, 0.1) is 34.9 Å². The largest absolute Gasteiger partial charge is 0.390 e. The Labute approximate surface area is 284 Å². The van der Waals surface area contributed by atoms with Crippen LogP contribution in [0.1, 0.15) is 83.4 Å². The van der Waals surface area contributed by atoms with Gasteiger partial charge in [-0.3, -0.25) is 9.59 Å². The molecule has 2 saturated carbocycles. The molecule has 2 aromatic carbocycles. The number of nitrogens with one attached hydrogen (secondary N) is 3. The summed E-state index contributed by atoms with van der Waals surface area (Å²) in [6, 6.07) is 11.8. The first-order valence-electron chi connectivity index (χ1n) is 17.5.